The number of ether oxygens (including phenoxy) is 1. The number of benzene rings is 1. The van der Waals surface area contributed by atoms with Crippen molar-refractivity contribution in [3.05, 3.63) is 46.1 Å². The fourth-order valence-electron chi connectivity index (χ4n) is 1.56. The summed E-state index contributed by atoms with van der Waals surface area (Å²) in [6, 6.07) is 6.47. The van der Waals surface area contributed by atoms with Gasteiger partial charge in [0.2, 0.25) is 0 Å². The highest BCUT2D eigenvalue weighted by Crippen LogP contribution is 2.28. The molecule has 1 heterocycles. The molecular formula is C13H11Cl2N3O2. The van der Waals surface area contributed by atoms with E-state index >= 15 is 0 Å². The van der Waals surface area contributed by atoms with Crippen LogP contribution in [0.3, 0.4) is 0 Å². The van der Waals surface area contributed by atoms with Crippen LogP contribution in [0.15, 0.2) is 30.5 Å². The third-order valence-electron chi connectivity index (χ3n) is 2.50. The molecule has 0 unspecified atom stereocenters. The molecule has 0 aliphatic carbocycles. The summed E-state index contributed by atoms with van der Waals surface area (Å²) in [5.41, 5.74) is 6.86. The highest BCUT2D eigenvalue weighted by molar-refractivity contribution is 6.42. The van der Waals surface area contributed by atoms with Gasteiger partial charge < -0.3 is 15.8 Å². The molecular weight excluding hydrogens is 301 g/mol. The first-order valence-corrected chi connectivity index (χ1v) is 6.32. The number of anilines is 3. The van der Waals surface area contributed by atoms with Crippen molar-refractivity contribution < 1.29 is 9.53 Å². The van der Waals surface area contributed by atoms with E-state index in [1.807, 2.05) is 0 Å². The van der Waals surface area contributed by atoms with Crippen LogP contribution < -0.4 is 11.1 Å². The summed E-state index contributed by atoms with van der Waals surface area (Å²) in [7, 11) is 1.29. The van der Waals surface area contributed by atoms with E-state index in [9.17, 15) is 4.79 Å². The maximum Gasteiger partial charge on any atom is 0.341 e. The van der Waals surface area contributed by atoms with Crippen molar-refractivity contribution in [1.29, 1.82) is 0 Å². The topological polar surface area (TPSA) is 77.2 Å². The van der Waals surface area contributed by atoms with Crippen LogP contribution in [0.1, 0.15) is 10.4 Å². The zero-order valence-corrected chi connectivity index (χ0v) is 12.0. The molecule has 0 aliphatic heterocycles. The van der Waals surface area contributed by atoms with Crippen LogP contribution in [0.2, 0.25) is 10.0 Å². The first-order valence-electron chi connectivity index (χ1n) is 5.57. The maximum absolute atomic E-state index is 11.7. The van der Waals surface area contributed by atoms with Crippen LogP contribution >= 0.6 is 23.2 Å². The summed E-state index contributed by atoms with van der Waals surface area (Å²) in [4.78, 5) is 15.8. The summed E-state index contributed by atoms with van der Waals surface area (Å²) in [6.45, 7) is 0. The molecule has 2 rings (SSSR count). The molecule has 0 fully saturated rings. The van der Waals surface area contributed by atoms with Crippen LogP contribution in [-0.2, 0) is 4.74 Å². The van der Waals surface area contributed by atoms with Crippen molar-refractivity contribution >= 4 is 46.4 Å². The van der Waals surface area contributed by atoms with Gasteiger partial charge in [0.05, 0.1) is 29.0 Å². The fraction of sp³-hybridized carbons (Fsp3) is 0.0769. The van der Waals surface area contributed by atoms with E-state index in [0.29, 0.717) is 27.2 Å². The molecule has 1 aromatic heterocycles. The lowest BCUT2D eigenvalue weighted by Crippen LogP contribution is -2.08. The quantitative estimate of drug-likeness (QED) is 0.848. The zero-order valence-electron chi connectivity index (χ0n) is 10.5. The molecule has 0 aliphatic rings. The molecule has 5 nitrogen and oxygen atoms in total. The largest absolute Gasteiger partial charge is 0.465 e. The van der Waals surface area contributed by atoms with Crippen molar-refractivity contribution in [2.75, 3.05) is 18.2 Å². The van der Waals surface area contributed by atoms with E-state index in [1.54, 1.807) is 18.2 Å². The number of pyridine rings is 1. The smallest absolute Gasteiger partial charge is 0.341 e. The highest BCUT2D eigenvalue weighted by Gasteiger charge is 2.14. The van der Waals surface area contributed by atoms with Gasteiger partial charge in [0, 0.05) is 5.69 Å². The minimum atomic E-state index is -0.535. The van der Waals surface area contributed by atoms with Crippen LogP contribution in [0, 0.1) is 0 Å². The Balaban J connectivity index is 2.37. The van der Waals surface area contributed by atoms with Crippen LogP contribution in [0.4, 0.5) is 17.2 Å². The number of hydrogen-bond donors (Lipinski definition) is 2. The zero-order chi connectivity index (χ0) is 14.7. The van der Waals surface area contributed by atoms with Gasteiger partial charge in [0.25, 0.3) is 0 Å². The Kier molecular flexibility index (Phi) is 4.32. The number of aromatic nitrogens is 1. The predicted octanol–water partition coefficient (Wildman–Crippen LogP) is 3.50. The SMILES string of the molecule is COC(=O)c1cc(N)cnc1Nc1ccc(Cl)c(Cl)c1. The van der Waals surface area contributed by atoms with Crippen molar-refractivity contribution in [2.24, 2.45) is 0 Å². The summed E-state index contributed by atoms with van der Waals surface area (Å²) in [5, 5.41) is 3.81. The molecule has 0 spiro atoms. The van der Waals surface area contributed by atoms with E-state index < -0.39 is 5.97 Å². The Morgan fingerprint density at radius 1 is 1.30 bits per heavy atom. The Bertz CT molecular complexity index is 662. The summed E-state index contributed by atoms with van der Waals surface area (Å²) in [6.07, 6.45) is 1.44. The van der Waals surface area contributed by atoms with Gasteiger partial charge in [-0.1, -0.05) is 23.2 Å². The van der Waals surface area contributed by atoms with E-state index in [2.05, 4.69) is 10.3 Å². The Morgan fingerprint density at radius 3 is 2.70 bits per heavy atom. The Morgan fingerprint density at radius 2 is 2.05 bits per heavy atom. The second kappa shape index (κ2) is 5.98. The number of methoxy groups -OCH3 is 1. The number of halogens is 2. The average molecular weight is 312 g/mol. The third-order valence-corrected chi connectivity index (χ3v) is 3.24. The Labute approximate surface area is 125 Å². The molecule has 2 aromatic rings. The first kappa shape index (κ1) is 14.4. The minimum absolute atomic E-state index is 0.235. The summed E-state index contributed by atoms with van der Waals surface area (Å²) < 4.78 is 4.69. The van der Waals surface area contributed by atoms with Crippen LogP contribution in [0.5, 0.6) is 0 Å². The lowest BCUT2D eigenvalue weighted by molar-refractivity contribution is 0.0601. The minimum Gasteiger partial charge on any atom is -0.465 e. The second-order valence-corrected chi connectivity index (χ2v) is 4.72. The highest BCUT2D eigenvalue weighted by atomic mass is 35.5. The van der Waals surface area contributed by atoms with Crippen molar-refractivity contribution in [2.45, 2.75) is 0 Å². The van der Waals surface area contributed by atoms with Gasteiger partial charge in [-0.3, -0.25) is 0 Å². The molecule has 104 valence electrons. The molecule has 3 N–H and O–H groups in total. The third kappa shape index (κ3) is 3.12. The molecule has 0 radical (unpaired) electrons. The van der Waals surface area contributed by atoms with Gasteiger partial charge in [0.15, 0.2) is 0 Å². The van der Waals surface area contributed by atoms with Crippen molar-refractivity contribution in [3.8, 4) is 0 Å². The molecule has 1 aromatic carbocycles. The van der Waals surface area contributed by atoms with E-state index in [-0.39, 0.29) is 5.56 Å². The number of rotatable bonds is 3. The van der Waals surface area contributed by atoms with E-state index in [4.69, 9.17) is 33.7 Å². The molecule has 7 heteroatoms. The number of nitrogen functional groups attached to an aromatic ring is 1. The van der Waals surface area contributed by atoms with Gasteiger partial charge >= 0.3 is 5.97 Å². The number of nitrogens with zero attached hydrogens (tertiary/aromatic N) is 1. The van der Waals surface area contributed by atoms with Crippen molar-refractivity contribution in [3.63, 3.8) is 0 Å². The van der Waals surface area contributed by atoms with Gasteiger partial charge in [-0.05, 0) is 24.3 Å². The Hall–Kier alpha value is -1.98. The number of nitrogens with one attached hydrogen (secondary N) is 1. The average Bonchev–Trinajstić information content (AvgIpc) is 2.44. The molecule has 0 saturated heterocycles. The fourth-order valence-corrected chi connectivity index (χ4v) is 1.85. The monoisotopic (exact) mass is 311 g/mol. The number of nitrogens with two attached hydrogens (primary N) is 1. The number of esters is 1. The normalized spacial score (nSPS) is 10.2. The lowest BCUT2D eigenvalue weighted by Gasteiger charge is -2.11. The van der Waals surface area contributed by atoms with Crippen LogP contribution in [0.25, 0.3) is 0 Å². The molecule has 0 amide bonds. The van der Waals surface area contributed by atoms with Crippen molar-refractivity contribution in [1.82, 2.24) is 4.98 Å². The number of hydrogen-bond acceptors (Lipinski definition) is 5. The summed E-state index contributed by atoms with van der Waals surface area (Å²) in [5.74, 6) is -0.211. The molecule has 0 atom stereocenters. The van der Waals surface area contributed by atoms with Gasteiger partial charge in [-0.25, -0.2) is 9.78 Å². The van der Waals surface area contributed by atoms with Gasteiger partial charge in [0.1, 0.15) is 11.4 Å². The predicted molar refractivity (Wildman–Crippen MR) is 79.7 cm³/mol. The standard InChI is InChI=1S/C13H11Cl2N3O2/c1-20-13(19)9-4-7(16)6-17-12(9)18-8-2-3-10(14)11(15)5-8/h2-6H,16H2,1H3,(H,17,18). The van der Waals surface area contributed by atoms with E-state index in [0.717, 1.165) is 0 Å². The maximum atomic E-state index is 11.7. The molecule has 0 bridgehead atoms. The van der Waals surface area contributed by atoms with E-state index in [1.165, 1.54) is 19.4 Å². The lowest BCUT2D eigenvalue weighted by atomic mass is 10.2. The summed E-state index contributed by atoms with van der Waals surface area (Å²) >= 11 is 11.8. The van der Waals surface area contributed by atoms with Gasteiger partial charge in [-0.2, -0.15) is 0 Å². The number of carbonyl (C=O) groups excluding carboxylic acids is 1. The first-order chi connectivity index (χ1) is 9.51. The molecule has 20 heavy (non-hydrogen) atoms. The molecule has 0 saturated carbocycles. The number of carbonyl (C=O) groups is 1. The van der Waals surface area contributed by atoms with Crippen LogP contribution in [-0.4, -0.2) is 18.1 Å². The van der Waals surface area contributed by atoms with Gasteiger partial charge in [-0.15, -0.1) is 0 Å². The second-order valence-electron chi connectivity index (χ2n) is 3.91.